The van der Waals surface area contributed by atoms with E-state index in [4.69, 9.17) is 4.74 Å². The molecule has 0 bridgehead atoms. The molecule has 4 rings (SSSR count). The lowest BCUT2D eigenvalue weighted by atomic mass is 10.0. The molecule has 0 saturated carbocycles. The Labute approximate surface area is 187 Å². The second kappa shape index (κ2) is 9.70. The number of pyridine rings is 2. The predicted octanol–water partition coefficient (Wildman–Crippen LogP) is 4.40. The van der Waals surface area contributed by atoms with Crippen LogP contribution < -0.4 is 5.32 Å². The number of nitrogens with zero attached hydrogens (tertiary/aromatic N) is 3. The van der Waals surface area contributed by atoms with E-state index in [0.717, 1.165) is 52.3 Å². The first-order valence-corrected chi connectivity index (χ1v) is 10.8. The Morgan fingerprint density at radius 2 is 2.06 bits per heavy atom. The van der Waals surface area contributed by atoms with Crippen molar-refractivity contribution in [1.82, 2.24) is 25.3 Å². The number of rotatable bonds is 8. The van der Waals surface area contributed by atoms with E-state index in [1.54, 1.807) is 12.5 Å². The fourth-order valence-electron chi connectivity index (χ4n) is 3.53. The minimum absolute atomic E-state index is 0.243. The third kappa shape index (κ3) is 4.84. The van der Waals surface area contributed by atoms with Crippen LogP contribution in [0.1, 0.15) is 29.9 Å². The zero-order valence-corrected chi connectivity index (χ0v) is 18.6. The number of aromatic amines is 1. The fourth-order valence-corrected chi connectivity index (χ4v) is 3.53. The number of fused-ring (bicyclic) bond motifs is 1. The molecule has 0 unspecified atom stereocenters. The minimum atomic E-state index is -0.363. The summed E-state index contributed by atoms with van der Waals surface area (Å²) in [6.07, 6.45) is 3.23. The van der Waals surface area contributed by atoms with Gasteiger partial charge in [-0.25, -0.2) is 9.78 Å². The van der Waals surface area contributed by atoms with Crippen LogP contribution in [-0.2, 0) is 4.74 Å². The summed E-state index contributed by atoms with van der Waals surface area (Å²) < 4.78 is 5.48. The number of carbonyl (C=O) groups is 1. The van der Waals surface area contributed by atoms with Gasteiger partial charge in [-0.1, -0.05) is 26.0 Å². The molecule has 1 atom stereocenters. The average molecular weight is 430 g/mol. The largest absolute Gasteiger partial charge is 0.462 e. The predicted molar refractivity (Wildman–Crippen MR) is 125 cm³/mol. The molecule has 164 valence electrons. The summed E-state index contributed by atoms with van der Waals surface area (Å²) in [6, 6.07) is 13.6. The highest BCUT2D eigenvalue weighted by Crippen LogP contribution is 2.30. The molecule has 1 aromatic carbocycles. The van der Waals surface area contributed by atoms with Gasteiger partial charge in [0.2, 0.25) is 0 Å². The van der Waals surface area contributed by atoms with Crippen LogP contribution in [0.3, 0.4) is 0 Å². The standard InChI is InChI=1S/C25H27N5O2/c1-4-26-12-16(2)14-32-25(31)20-11-19-10-18(8-9-21(19)27-13-20)23-24(29-15-28-23)22-7-5-6-17(3)30-22/h5-11,13,15-16,26H,4,12,14H2,1-3H3,(H,28,29)/t16-/m1/s1. The summed E-state index contributed by atoms with van der Waals surface area (Å²) in [5.41, 5.74) is 5.59. The molecule has 0 amide bonds. The molecule has 0 saturated heterocycles. The van der Waals surface area contributed by atoms with E-state index in [1.165, 1.54) is 0 Å². The van der Waals surface area contributed by atoms with Crippen molar-refractivity contribution in [2.75, 3.05) is 19.7 Å². The molecule has 0 radical (unpaired) electrons. The maximum atomic E-state index is 12.5. The smallest absolute Gasteiger partial charge is 0.339 e. The van der Waals surface area contributed by atoms with E-state index in [-0.39, 0.29) is 11.9 Å². The number of nitrogens with one attached hydrogen (secondary N) is 2. The Balaban J connectivity index is 1.59. The van der Waals surface area contributed by atoms with Crippen LogP contribution >= 0.6 is 0 Å². The van der Waals surface area contributed by atoms with E-state index in [0.29, 0.717) is 12.2 Å². The maximum Gasteiger partial charge on any atom is 0.339 e. The quantitative estimate of drug-likeness (QED) is 0.403. The van der Waals surface area contributed by atoms with Gasteiger partial charge in [-0.05, 0) is 43.8 Å². The average Bonchev–Trinajstić information content (AvgIpc) is 3.30. The van der Waals surface area contributed by atoms with Crippen LogP contribution in [0.25, 0.3) is 33.5 Å². The van der Waals surface area contributed by atoms with E-state index in [9.17, 15) is 4.79 Å². The number of hydrogen-bond donors (Lipinski definition) is 2. The molecule has 7 nitrogen and oxygen atoms in total. The number of aromatic nitrogens is 4. The first-order chi connectivity index (χ1) is 15.5. The molecule has 0 aliphatic heterocycles. The highest BCUT2D eigenvalue weighted by molar-refractivity contribution is 5.95. The monoisotopic (exact) mass is 429 g/mol. The molecule has 0 spiro atoms. The van der Waals surface area contributed by atoms with Gasteiger partial charge in [0.25, 0.3) is 0 Å². The number of aryl methyl sites for hydroxylation is 1. The van der Waals surface area contributed by atoms with Gasteiger partial charge in [-0.3, -0.25) is 9.97 Å². The van der Waals surface area contributed by atoms with Crippen molar-refractivity contribution in [1.29, 1.82) is 0 Å². The SMILES string of the molecule is CCNC[C@@H](C)COC(=O)c1cnc2ccc(-c3nc[nH]c3-c3cccc(C)n3)cc2c1. The second-order valence-corrected chi connectivity index (χ2v) is 7.93. The number of benzene rings is 1. The Morgan fingerprint density at radius 3 is 2.88 bits per heavy atom. The van der Waals surface area contributed by atoms with Crippen LogP contribution in [0.2, 0.25) is 0 Å². The van der Waals surface area contributed by atoms with E-state index >= 15 is 0 Å². The van der Waals surface area contributed by atoms with Gasteiger partial charge in [0.05, 0.1) is 41.1 Å². The molecule has 0 aliphatic carbocycles. The minimum Gasteiger partial charge on any atom is -0.462 e. The zero-order chi connectivity index (χ0) is 22.5. The molecular formula is C25H27N5O2. The molecule has 3 aromatic heterocycles. The molecule has 4 aromatic rings. The van der Waals surface area contributed by atoms with Gasteiger partial charge in [0.1, 0.15) is 0 Å². The fraction of sp³-hybridized carbons (Fsp3) is 0.280. The van der Waals surface area contributed by atoms with Gasteiger partial charge >= 0.3 is 5.97 Å². The Hall–Kier alpha value is -3.58. The summed E-state index contributed by atoms with van der Waals surface area (Å²) in [4.78, 5) is 29.3. The van der Waals surface area contributed by atoms with Crippen molar-refractivity contribution in [3.8, 4) is 22.6 Å². The summed E-state index contributed by atoms with van der Waals surface area (Å²) in [5, 5.41) is 4.11. The molecule has 2 N–H and O–H groups in total. The van der Waals surface area contributed by atoms with Crippen molar-refractivity contribution < 1.29 is 9.53 Å². The highest BCUT2D eigenvalue weighted by Gasteiger charge is 2.15. The molecule has 3 heterocycles. The normalized spacial score (nSPS) is 12.1. The zero-order valence-electron chi connectivity index (χ0n) is 18.6. The molecule has 0 fully saturated rings. The Morgan fingerprint density at radius 1 is 1.19 bits per heavy atom. The van der Waals surface area contributed by atoms with Gasteiger partial charge in [0.15, 0.2) is 0 Å². The first-order valence-electron chi connectivity index (χ1n) is 10.8. The van der Waals surface area contributed by atoms with Crippen molar-refractivity contribution in [2.45, 2.75) is 20.8 Å². The van der Waals surface area contributed by atoms with E-state index in [2.05, 4.69) is 32.2 Å². The van der Waals surface area contributed by atoms with E-state index < -0.39 is 0 Å². The van der Waals surface area contributed by atoms with Crippen LogP contribution in [0.5, 0.6) is 0 Å². The molecule has 32 heavy (non-hydrogen) atoms. The summed E-state index contributed by atoms with van der Waals surface area (Å²) in [5.74, 6) is -0.121. The lowest BCUT2D eigenvalue weighted by molar-refractivity contribution is 0.0449. The van der Waals surface area contributed by atoms with Crippen LogP contribution in [-0.4, -0.2) is 45.6 Å². The highest BCUT2D eigenvalue weighted by atomic mass is 16.5. The lowest BCUT2D eigenvalue weighted by Crippen LogP contribution is -2.24. The van der Waals surface area contributed by atoms with Crippen molar-refractivity contribution in [3.05, 3.63) is 66.2 Å². The molecule has 7 heteroatoms. The number of H-pyrrole nitrogens is 1. The number of imidazole rings is 1. The summed E-state index contributed by atoms with van der Waals surface area (Å²) >= 11 is 0. The Bertz CT molecular complexity index is 1230. The van der Waals surface area contributed by atoms with Crippen molar-refractivity contribution in [2.24, 2.45) is 5.92 Å². The van der Waals surface area contributed by atoms with Gasteiger partial charge < -0.3 is 15.0 Å². The number of esters is 1. The van der Waals surface area contributed by atoms with Crippen molar-refractivity contribution >= 4 is 16.9 Å². The molecular weight excluding hydrogens is 402 g/mol. The molecule has 0 aliphatic rings. The number of ether oxygens (including phenoxy) is 1. The maximum absolute atomic E-state index is 12.5. The van der Waals surface area contributed by atoms with Crippen LogP contribution in [0.4, 0.5) is 0 Å². The third-order valence-electron chi connectivity index (χ3n) is 5.22. The first kappa shape index (κ1) is 21.6. The lowest BCUT2D eigenvalue weighted by Gasteiger charge is -2.12. The van der Waals surface area contributed by atoms with Crippen LogP contribution in [0.15, 0.2) is 55.0 Å². The van der Waals surface area contributed by atoms with E-state index in [1.807, 2.05) is 56.3 Å². The van der Waals surface area contributed by atoms with Gasteiger partial charge in [-0.15, -0.1) is 0 Å². The topological polar surface area (TPSA) is 92.8 Å². The van der Waals surface area contributed by atoms with Crippen molar-refractivity contribution in [3.63, 3.8) is 0 Å². The third-order valence-corrected chi connectivity index (χ3v) is 5.22. The number of carbonyl (C=O) groups excluding carboxylic acids is 1. The Kier molecular flexibility index (Phi) is 6.56. The second-order valence-electron chi connectivity index (χ2n) is 7.93. The van der Waals surface area contributed by atoms with Gasteiger partial charge in [-0.2, -0.15) is 0 Å². The summed E-state index contributed by atoms with van der Waals surface area (Å²) in [6.45, 7) is 8.13. The summed E-state index contributed by atoms with van der Waals surface area (Å²) in [7, 11) is 0. The van der Waals surface area contributed by atoms with Crippen LogP contribution in [0, 0.1) is 12.8 Å². The number of hydrogen-bond acceptors (Lipinski definition) is 6. The van der Waals surface area contributed by atoms with Gasteiger partial charge in [0, 0.05) is 35.3 Å².